The molecule has 0 N–H and O–H groups in total. The van der Waals surface area contributed by atoms with Gasteiger partial charge in [0.1, 0.15) is 11.5 Å². The van der Waals surface area contributed by atoms with Crippen molar-refractivity contribution in [3.05, 3.63) is 23.8 Å². The van der Waals surface area contributed by atoms with Crippen LogP contribution in [0.2, 0.25) is 0 Å². The van der Waals surface area contributed by atoms with Crippen LogP contribution >= 0.6 is 11.6 Å². The van der Waals surface area contributed by atoms with Gasteiger partial charge >= 0.3 is 0 Å². The predicted octanol–water partition coefficient (Wildman–Crippen LogP) is 3.07. The van der Waals surface area contributed by atoms with Gasteiger partial charge in [0.2, 0.25) is 0 Å². The Hall–Kier alpha value is -1.33. The molecule has 0 aliphatic heterocycles. The lowest BCUT2D eigenvalue weighted by Gasteiger charge is -2.05. The number of rotatable bonds is 4. The van der Waals surface area contributed by atoms with Crippen LogP contribution in [-0.2, 0) is 0 Å². The molecule has 0 heterocycles. The maximum atomic E-state index is 5.57. The van der Waals surface area contributed by atoms with Crippen LogP contribution in [0.1, 0.15) is 18.4 Å². The van der Waals surface area contributed by atoms with Gasteiger partial charge in [-0.05, 0) is 18.6 Å². The fourth-order valence-corrected chi connectivity index (χ4v) is 1.35. The van der Waals surface area contributed by atoms with Gasteiger partial charge in [-0.3, -0.25) is 0 Å². The van der Waals surface area contributed by atoms with E-state index in [0.29, 0.717) is 5.88 Å². The van der Waals surface area contributed by atoms with Crippen molar-refractivity contribution >= 4 is 11.6 Å². The Morgan fingerprint density at radius 1 is 1.25 bits per heavy atom. The van der Waals surface area contributed by atoms with Gasteiger partial charge in [-0.2, -0.15) is 0 Å². The maximum absolute atomic E-state index is 5.57. The van der Waals surface area contributed by atoms with E-state index in [0.717, 1.165) is 29.9 Å². The van der Waals surface area contributed by atoms with Crippen molar-refractivity contribution in [1.29, 1.82) is 0 Å². The van der Waals surface area contributed by atoms with E-state index in [1.807, 2.05) is 18.2 Å². The summed E-state index contributed by atoms with van der Waals surface area (Å²) in [5.74, 6) is 8.27. The third-order valence-corrected chi connectivity index (χ3v) is 2.33. The highest BCUT2D eigenvalue weighted by atomic mass is 35.5. The van der Waals surface area contributed by atoms with Crippen LogP contribution in [0.25, 0.3) is 0 Å². The van der Waals surface area contributed by atoms with Crippen molar-refractivity contribution in [2.75, 3.05) is 20.1 Å². The van der Waals surface area contributed by atoms with E-state index >= 15 is 0 Å². The van der Waals surface area contributed by atoms with E-state index in [1.54, 1.807) is 14.2 Å². The Morgan fingerprint density at radius 2 is 2.06 bits per heavy atom. The van der Waals surface area contributed by atoms with E-state index < -0.39 is 0 Å². The van der Waals surface area contributed by atoms with E-state index in [2.05, 4.69) is 11.8 Å². The fraction of sp³-hybridized carbons (Fsp3) is 0.385. The van der Waals surface area contributed by atoms with Crippen LogP contribution < -0.4 is 9.47 Å². The molecule has 16 heavy (non-hydrogen) atoms. The minimum atomic E-state index is 0.647. The molecule has 0 bridgehead atoms. The quantitative estimate of drug-likeness (QED) is 0.456. The second-order valence-electron chi connectivity index (χ2n) is 3.16. The molecule has 0 aliphatic carbocycles. The third-order valence-electron chi connectivity index (χ3n) is 2.07. The van der Waals surface area contributed by atoms with Crippen molar-refractivity contribution in [3.63, 3.8) is 0 Å². The summed E-state index contributed by atoms with van der Waals surface area (Å²) in [5, 5.41) is 0. The summed E-state index contributed by atoms with van der Waals surface area (Å²) in [5.41, 5.74) is 0.873. The highest BCUT2D eigenvalue weighted by Crippen LogP contribution is 2.23. The minimum Gasteiger partial charge on any atom is -0.497 e. The lowest BCUT2D eigenvalue weighted by atomic mass is 10.2. The Balaban J connectivity index is 2.81. The average Bonchev–Trinajstić information content (AvgIpc) is 2.34. The summed E-state index contributed by atoms with van der Waals surface area (Å²) in [6, 6.07) is 5.59. The van der Waals surface area contributed by atoms with Gasteiger partial charge in [-0.25, -0.2) is 0 Å². The van der Waals surface area contributed by atoms with E-state index in [9.17, 15) is 0 Å². The number of hydrogen-bond acceptors (Lipinski definition) is 2. The number of alkyl halides is 1. The molecule has 0 aromatic heterocycles. The van der Waals surface area contributed by atoms with Gasteiger partial charge in [0.05, 0.1) is 19.8 Å². The molecule has 1 rings (SSSR count). The van der Waals surface area contributed by atoms with Crippen molar-refractivity contribution < 1.29 is 9.47 Å². The Kier molecular flexibility index (Phi) is 5.60. The van der Waals surface area contributed by atoms with Crippen LogP contribution in [0.5, 0.6) is 11.5 Å². The zero-order chi connectivity index (χ0) is 11.8. The summed E-state index contributed by atoms with van der Waals surface area (Å²) < 4.78 is 10.3. The van der Waals surface area contributed by atoms with Gasteiger partial charge in [-0.15, -0.1) is 11.6 Å². The maximum Gasteiger partial charge on any atom is 0.138 e. The largest absolute Gasteiger partial charge is 0.497 e. The number of halogens is 1. The zero-order valence-corrected chi connectivity index (χ0v) is 10.3. The lowest BCUT2D eigenvalue weighted by Crippen LogP contribution is -1.90. The van der Waals surface area contributed by atoms with Gasteiger partial charge in [0.15, 0.2) is 0 Å². The molecule has 0 saturated carbocycles. The van der Waals surface area contributed by atoms with Crippen LogP contribution in [0.4, 0.5) is 0 Å². The first-order valence-corrected chi connectivity index (χ1v) is 5.62. The third kappa shape index (κ3) is 3.67. The van der Waals surface area contributed by atoms with Crippen LogP contribution in [-0.4, -0.2) is 20.1 Å². The SMILES string of the molecule is COc1ccc(C#CCCCCl)c(OC)c1. The van der Waals surface area contributed by atoms with Gasteiger partial charge in [0, 0.05) is 18.4 Å². The molecule has 0 fully saturated rings. The van der Waals surface area contributed by atoms with Crippen LogP contribution in [0.3, 0.4) is 0 Å². The minimum absolute atomic E-state index is 0.647. The molecule has 2 nitrogen and oxygen atoms in total. The Morgan fingerprint density at radius 3 is 2.69 bits per heavy atom. The molecule has 86 valence electrons. The van der Waals surface area contributed by atoms with Crippen LogP contribution in [0, 0.1) is 11.8 Å². The molecule has 0 aliphatic rings. The normalized spacial score (nSPS) is 9.19. The van der Waals surface area contributed by atoms with E-state index in [1.165, 1.54) is 0 Å². The molecule has 0 spiro atoms. The molecule has 1 aromatic rings. The molecular formula is C13H15ClO2. The van der Waals surface area contributed by atoms with E-state index in [-0.39, 0.29) is 0 Å². The number of unbranched alkanes of at least 4 members (excludes halogenated alkanes) is 1. The Labute approximate surface area is 102 Å². The number of hydrogen-bond donors (Lipinski definition) is 0. The predicted molar refractivity (Wildman–Crippen MR) is 66.4 cm³/mol. The molecular weight excluding hydrogens is 224 g/mol. The van der Waals surface area contributed by atoms with Crippen LogP contribution in [0.15, 0.2) is 18.2 Å². The molecule has 0 atom stereocenters. The smallest absolute Gasteiger partial charge is 0.138 e. The molecule has 0 radical (unpaired) electrons. The summed E-state index contributed by atoms with van der Waals surface area (Å²) in [4.78, 5) is 0. The highest BCUT2D eigenvalue weighted by Gasteiger charge is 2.01. The topological polar surface area (TPSA) is 18.5 Å². The van der Waals surface area contributed by atoms with Gasteiger partial charge in [0.25, 0.3) is 0 Å². The summed E-state index contributed by atoms with van der Waals surface area (Å²) in [7, 11) is 3.25. The van der Waals surface area contributed by atoms with Crippen molar-refractivity contribution in [2.24, 2.45) is 0 Å². The standard InChI is InChI=1S/C13H15ClO2/c1-15-12-8-7-11(13(10-12)16-2)6-4-3-5-9-14/h7-8,10H,3,5,9H2,1-2H3. The molecule has 0 unspecified atom stereocenters. The number of ether oxygens (including phenoxy) is 2. The first-order valence-electron chi connectivity index (χ1n) is 5.08. The summed E-state index contributed by atoms with van der Waals surface area (Å²) in [6.07, 6.45) is 1.71. The highest BCUT2D eigenvalue weighted by molar-refractivity contribution is 6.17. The first kappa shape index (κ1) is 12.7. The van der Waals surface area contributed by atoms with E-state index in [4.69, 9.17) is 21.1 Å². The fourth-order valence-electron chi connectivity index (χ4n) is 1.21. The van der Waals surface area contributed by atoms with Gasteiger partial charge < -0.3 is 9.47 Å². The molecule has 1 aromatic carbocycles. The number of methoxy groups -OCH3 is 2. The average molecular weight is 239 g/mol. The second kappa shape index (κ2) is 7.03. The molecule has 0 saturated heterocycles. The molecule has 3 heteroatoms. The number of benzene rings is 1. The van der Waals surface area contributed by atoms with Crippen molar-refractivity contribution in [1.82, 2.24) is 0 Å². The van der Waals surface area contributed by atoms with Gasteiger partial charge in [-0.1, -0.05) is 11.8 Å². The first-order chi connectivity index (χ1) is 7.81. The monoisotopic (exact) mass is 238 g/mol. The summed E-state index contributed by atoms with van der Waals surface area (Å²) >= 11 is 5.57. The second-order valence-corrected chi connectivity index (χ2v) is 3.54. The van der Waals surface area contributed by atoms with Crippen molar-refractivity contribution in [3.8, 4) is 23.3 Å². The van der Waals surface area contributed by atoms with Crippen molar-refractivity contribution in [2.45, 2.75) is 12.8 Å². The summed E-state index contributed by atoms with van der Waals surface area (Å²) in [6.45, 7) is 0. The lowest BCUT2D eigenvalue weighted by molar-refractivity contribution is 0.393. The zero-order valence-electron chi connectivity index (χ0n) is 9.55. The Bertz CT molecular complexity index is 391. The molecule has 0 amide bonds.